The smallest absolute Gasteiger partial charge is 0.457 e. The summed E-state index contributed by atoms with van der Waals surface area (Å²) >= 11 is 0. The Morgan fingerprint density at radius 3 is 1.61 bits per heavy atom. The van der Waals surface area contributed by atoms with Crippen LogP contribution in [0.5, 0.6) is 0 Å². The van der Waals surface area contributed by atoms with Gasteiger partial charge in [-0.1, -0.05) is 153 Å². The van der Waals surface area contributed by atoms with Crippen molar-refractivity contribution < 1.29 is 58.3 Å². The van der Waals surface area contributed by atoms with E-state index in [1.807, 2.05) is 0 Å². The second-order valence-electron chi connectivity index (χ2n) is 15.2. The van der Waals surface area contributed by atoms with Crippen molar-refractivity contribution in [2.24, 2.45) is 0 Å². The third kappa shape index (κ3) is 26.5. The number of ether oxygens (including phenoxy) is 2. The van der Waals surface area contributed by atoms with E-state index in [0.717, 1.165) is 83.5 Å². The molecular formula is C43H79O12P. The standard InChI is InChI=1S/C43H79O12P/c1-3-5-7-9-11-13-15-17-18-19-21-23-25-27-29-31-33-52-34-36(35-53-56(50,51)55-43-41(48)39(46)38(45)40(47)42(43)49)54-37(44)32-30-28-26-24-22-20-16-14-12-10-8-6-4-2/h5,7,11,13,17-18,36,38-43,45-49H,3-4,6,8-10,12,14-16,19-35H2,1-2H3,(H,50,51)/b7-5-,13-11-,18-17-. The highest BCUT2D eigenvalue weighted by molar-refractivity contribution is 7.47. The highest BCUT2D eigenvalue weighted by Gasteiger charge is 2.51. The van der Waals surface area contributed by atoms with Crippen LogP contribution in [0.2, 0.25) is 0 Å². The van der Waals surface area contributed by atoms with Gasteiger partial charge in [0.15, 0.2) is 0 Å². The van der Waals surface area contributed by atoms with Gasteiger partial charge in [0, 0.05) is 13.0 Å². The minimum atomic E-state index is -5.02. The van der Waals surface area contributed by atoms with Crippen LogP contribution in [-0.2, 0) is 27.9 Å². The molecule has 6 N–H and O–H groups in total. The lowest BCUT2D eigenvalue weighted by molar-refractivity contribution is -0.220. The highest BCUT2D eigenvalue weighted by Crippen LogP contribution is 2.47. The Kier molecular flexibility index (Phi) is 32.3. The van der Waals surface area contributed by atoms with Crippen LogP contribution in [0.1, 0.15) is 168 Å². The first-order chi connectivity index (χ1) is 27.0. The molecule has 1 fully saturated rings. The van der Waals surface area contributed by atoms with Crippen LogP contribution in [0, 0.1) is 0 Å². The highest BCUT2D eigenvalue weighted by atomic mass is 31.2. The van der Waals surface area contributed by atoms with Gasteiger partial charge in [0.05, 0.1) is 13.2 Å². The number of rotatable bonds is 36. The van der Waals surface area contributed by atoms with Gasteiger partial charge in [-0.25, -0.2) is 4.57 Å². The number of allylic oxidation sites excluding steroid dienone is 6. The molecule has 13 heteroatoms. The van der Waals surface area contributed by atoms with Crippen LogP contribution < -0.4 is 0 Å². The average Bonchev–Trinajstić information content (AvgIpc) is 3.18. The van der Waals surface area contributed by atoms with Crippen molar-refractivity contribution in [1.29, 1.82) is 0 Å². The minimum absolute atomic E-state index is 0.0837. The minimum Gasteiger partial charge on any atom is -0.457 e. The van der Waals surface area contributed by atoms with Crippen molar-refractivity contribution in [2.75, 3.05) is 19.8 Å². The van der Waals surface area contributed by atoms with Gasteiger partial charge in [-0.2, -0.15) is 0 Å². The number of unbranched alkanes of at least 4 members (excludes halogenated alkanes) is 18. The van der Waals surface area contributed by atoms with Gasteiger partial charge in [-0.15, -0.1) is 0 Å². The number of carbonyl (C=O) groups is 1. The van der Waals surface area contributed by atoms with E-state index in [1.165, 1.54) is 57.8 Å². The van der Waals surface area contributed by atoms with Gasteiger partial charge in [-0.3, -0.25) is 13.8 Å². The SMILES string of the molecule is CC/C=C\C/C=C\C/C=C\CCCCCCCCOCC(COP(=O)(O)OC1C(O)C(O)C(O)C(O)C1O)OC(=O)CCCCCCCCCCCCCCC. The third-order valence-corrected chi connectivity index (χ3v) is 11.0. The quantitative estimate of drug-likeness (QED) is 0.0154. The molecule has 56 heavy (non-hydrogen) atoms. The summed E-state index contributed by atoms with van der Waals surface area (Å²) in [4.78, 5) is 23.1. The topological polar surface area (TPSA) is 192 Å². The molecule has 1 rings (SSSR count). The molecule has 1 aliphatic carbocycles. The molecule has 0 amide bonds. The first-order valence-corrected chi connectivity index (χ1v) is 23.3. The average molecular weight is 819 g/mol. The van der Waals surface area contributed by atoms with Gasteiger partial charge in [0.1, 0.15) is 42.7 Å². The van der Waals surface area contributed by atoms with Crippen molar-refractivity contribution in [3.05, 3.63) is 36.5 Å². The molecule has 0 radical (unpaired) electrons. The van der Waals surface area contributed by atoms with E-state index in [4.69, 9.17) is 18.5 Å². The van der Waals surface area contributed by atoms with Crippen molar-refractivity contribution in [3.8, 4) is 0 Å². The van der Waals surface area contributed by atoms with Crippen molar-refractivity contribution >= 4 is 13.8 Å². The molecular weight excluding hydrogens is 739 g/mol. The Morgan fingerprint density at radius 2 is 1.05 bits per heavy atom. The number of aliphatic hydroxyl groups is 5. The fourth-order valence-electron chi connectivity index (χ4n) is 6.55. The summed E-state index contributed by atoms with van der Waals surface area (Å²) in [6, 6.07) is 0. The number of esters is 1. The molecule has 0 saturated heterocycles. The lowest BCUT2D eigenvalue weighted by Crippen LogP contribution is -2.64. The van der Waals surface area contributed by atoms with E-state index in [2.05, 4.69) is 50.3 Å². The van der Waals surface area contributed by atoms with Gasteiger partial charge >= 0.3 is 13.8 Å². The molecule has 328 valence electrons. The van der Waals surface area contributed by atoms with E-state index < -0.39 is 63.1 Å². The molecule has 0 aromatic rings. The summed E-state index contributed by atoms with van der Waals surface area (Å²) in [7, 11) is -5.02. The number of carbonyl (C=O) groups excluding carboxylic acids is 1. The largest absolute Gasteiger partial charge is 0.472 e. The third-order valence-electron chi connectivity index (χ3n) is 10.0. The Morgan fingerprint density at radius 1 is 0.589 bits per heavy atom. The molecule has 12 nitrogen and oxygen atoms in total. The second kappa shape index (κ2) is 34.4. The first kappa shape index (κ1) is 52.6. The lowest BCUT2D eigenvalue weighted by atomic mass is 9.85. The summed E-state index contributed by atoms with van der Waals surface area (Å²) in [5.41, 5.74) is 0. The summed E-state index contributed by atoms with van der Waals surface area (Å²) in [5.74, 6) is -0.483. The van der Waals surface area contributed by atoms with Gasteiger partial charge in [0.2, 0.25) is 0 Å². The van der Waals surface area contributed by atoms with E-state index in [-0.39, 0.29) is 13.0 Å². The maximum Gasteiger partial charge on any atom is 0.472 e. The van der Waals surface area contributed by atoms with Gasteiger partial charge < -0.3 is 39.9 Å². The van der Waals surface area contributed by atoms with Crippen LogP contribution in [0.15, 0.2) is 36.5 Å². The van der Waals surface area contributed by atoms with Crippen LogP contribution in [0.4, 0.5) is 0 Å². The molecule has 0 bridgehead atoms. The predicted octanol–water partition coefficient (Wildman–Crippen LogP) is 8.31. The maximum atomic E-state index is 12.8. The van der Waals surface area contributed by atoms with Crippen molar-refractivity contribution in [3.63, 3.8) is 0 Å². The molecule has 1 aliphatic rings. The fourth-order valence-corrected chi connectivity index (χ4v) is 7.52. The molecule has 0 aromatic heterocycles. The van der Waals surface area contributed by atoms with Crippen LogP contribution in [-0.4, -0.2) is 98.9 Å². The molecule has 6 unspecified atom stereocenters. The number of aliphatic hydroxyl groups excluding tert-OH is 5. The Hall–Kier alpha value is -1.44. The van der Waals surface area contributed by atoms with Gasteiger partial charge in [0.25, 0.3) is 0 Å². The van der Waals surface area contributed by atoms with Crippen LogP contribution in [0.25, 0.3) is 0 Å². The lowest BCUT2D eigenvalue weighted by Gasteiger charge is -2.41. The zero-order chi connectivity index (χ0) is 41.3. The van der Waals surface area contributed by atoms with E-state index in [0.29, 0.717) is 13.0 Å². The maximum absolute atomic E-state index is 12.8. The summed E-state index contributed by atoms with van der Waals surface area (Å²) in [6.07, 6.45) is 26.4. The zero-order valence-corrected chi connectivity index (χ0v) is 35.6. The molecule has 6 atom stereocenters. The number of hydrogen-bond donors (Lipinski definition) is 6. The summed E-state index contributed by atoms with van der Waals surface area (Å²) < 4.78 is 34.1. The normalized spacial score (nSPS) is 23.4. The number of hydrogen-bond acceptors (Lipinski definition) is 11. The fraction of sp³-hybridized carbons (Fsp3) is 0.837. The van der Waals surface area contributed by atoms with Crippen LogP contribution in [0.3, 0.4) is 0 Å². The number of phosphoric ester groups is 1. The number of phosphoric acid groups is 1. The first-order valence-electron chi connectivity index (χ1n) is 21.8. The van der Waals surface area contributed by atoms with E-state index in [9.17, 15) is 39.8 Å². The van der Waals surface area contributed by atoms with Crippen molar-refractivity contribution in [2.45, 2.75) is 211 Å². The zero-order valence-electron chi connectivity index (χ0n) is 34.7. The molecule has 1 saturated carbocycles. The van der Waals surface area contributed by atoms with Crippen LogP contribution >= 0.6 is 7.82 Å². The molecule has 0 aliphatic heterocycles. The monoisotopic (exact) mass is 819 g/mol. The second-order valence-corrected chi connectivity index (χ2v) is 16.6. The summed E-state index contributed by atoms with van der Waals surface area (Å²) in [6.45, 7) is 4.11. The molecule has 0 heterocycles. The Bertz CT molecular complexity index is 1070. The van der Waals surface area contributed by atoms with E-state index >= 15 is 0 Å². The molecule has 0 spiro atoms. The van der Waals surface area contributed by atoms with Gasteiger partial charge in [-0.05, 0) is 44.9 Å². The Balaban J connectivity index is 2.43. The molecule has 0 aromatic carbocycles. The summed E-state index contributed by atoms with van der Waals surface area (Å²) in [5, 5.41) is 50.1. The van der Waals surface area contributed by atoms with Crippen molar-refractivity contribution in [1.82, 2.24) is 0 Å². The Labute approximate surface area is 338 Å². The predicted molar refractivity (Wildman–Crippen MR) is 221 cm³/mol. The van der Waals surface area contributed by atoms with E-state index in [1.54, 1.807) is 0 Å².